The number of hydrogen-bond acceptors (Lipinski definition) is 3. The third kappa shape index (κ3) is 4.04. The minimum atomic E-state index is -0.989. The summed E-state index contributed by atoms with van der Waals surface area (Å²) in [6.07, 6.45) is 4.06. The van der Waals surface area contributed by atoms with E-state index in [1.165, 1.54) is 6.07 Å². The summed E-state index contributed by atoms with van der Waals surface area (Å²) in [6, 6.07) is 6.54. The topological polar surface area (TPSA) is 91.7 Å². The van der Waals surface area contributed by atoms with Crippen molar-refractivity contribution in [2.45, 2.75) is 32.1 Å². The first-order valence-corrected chi connectivity index (χ1v) is 7.24. The van der Waals surface area contributed by atoms with Gasteiger partial charge in [0.05, 0.1) is 5.56 Å². The molecule has 1 aliphatic rings. The molecule has 0 saturated heterocycles. The van der Waals surface area contributed by atoms with Crippen LogP contribution in [0.4, 0.5) is 0 Å². The molecule has 0 aliphatic heterocycles. The first-order chi connectivity index (χ1) is 10.5. The number of rotatable bonds is 6. The molecule has 1 aromatic rings. The Bertz CT molecular complexity index is 630. The quantitative estimate of drug-likeness (QED) is 0.843. The van der Waals surface area contributed by atoms with Gasteiger partial charge < -0.3 is 10.2 Å². The number of carboxylic acid groups (broad SMARTS) is 2. The van der Waals surface area contributed by atoms with E-state index in [9.17, 15) is 14.4 Å². The van der Waals surface area contributed by atoms with Gasteiger partial charge in [0.1, 0.15) is 5.78 Å². The molecule has 116 valence electrons. The monoisotopic (exact) mass is 302 g/mol. The summed E-state index contributed by atoms with van der Waals surface area (Å²) in [7, 11) is 0. The Labute approximate surface area is 128 Å². The molecule has 0 aromatic heterocycles. The Morgan fingerprint density at radius 2 is 1.91 bits per heavy atom. The second-order valence-corrected chi connectivity index (χ2v) is 5.48. The summed E-state index contributed by atoms with van der Waals surface area (Å²) in [5.41, 5.74) is 1.33. The molecule has 1 unspecified atom stereocenters. The number of hydrogen-bond donors (Lipinski definition) is 2. The van der Waals surface area contributed by atoms with Gasteiger partial charge in [-0.05, 0) is 43.4 Å². The number of carbonyl (C=O) groups excluding carboxylic acids is 1. The van der Waals surface area contributed by atoms with Crippen molar-refractivity contribution in [1.82, 2.24) is 0 Å². The average Bonchev–Trinajstić information content (AvgIpc) is 2.53. The lowest BCUT2D eigenvalue weighted by atomic mass is 9.84. The standard InChI is InChI=1S/C17H18O5/c18-15(12-4-2-6-14(10-12)17(21)22)8-7-11-3-1-5-13(9-11)16(19)20/h1,3,5-6,9,12H,2,4,7-8,10H2,(H,19,20)(H,21,22). The summed E-state index contributed by atoms with van der Waals surface area (Å²) in [5, 5.41) is 17.9. The van der Waals surface area contributed by atoms with Crippen LogP contribution in [0.2, 0.25) is 0 Å². The van der Waals surface area contributed by atoms with E-state index in [1.807, 2.05) is 0 Å². The normalized spacial score (nSPS) is 17.6. The van der Waals surface area contributed by atoms with Crippen LogP contribution < -0.4 is 0 Å². The van der Waals surface area contributed by atoms with Gasteiger partial charge in [-0.15, -0.1) is 0 Å². The molecule has 5 heteroatoms. The minimum absolute atomic E-state index is 0.0487. The number of aliphatic carboxylic acids is 1. The van der Waals surface area contributed by atoms with Crippen LogP contribution in [0.3, 0.4) is 0 Å². The molecular weight excluding hydrogens is 284 g/mol. The molecule has 2 N–H and O–H groups in total. The van der Waals surface area contributed by atoms with E-state index in [4.69, 9.17) is 10.2 Å². The molecule has 1 aliphatic carbocycles. The smallest absolute Gasteiger partial charge is 0.335 e. The summed E-state index contributed by atoms with van der Waals surface area (Å²) in [5.74, 6) is -2.13. The Morgan fingerprint density at radius 1 is 1.14 bits per heavy atom. The van der Waals surface area contributed by atoms with Crippen molar-refractivity contribution in [2.75, 3.05) is 0 Å². The van der Waals surface area contributed by atoms with Gasteiger partial charge in [-0.3, -0.25) is 4.79 Å². The molecule has 0 heterocycles. The second kappa shape index (κ2) is 7.02. The first kappa shape index (κ1) is 15.9. The maximum Gasteiger partial charge on any atom is 0.335 e. The van der Waals surface area contributed by atoms with Crippen molar-refractivity contribution >= 4 is 17.7 Å². The number of carboxylic acids is 2. The molecule has 0 radical (unpaired) electrons. The van der Waals surface area contributed by atoms with Crippen molar-refractivity contribution in [2.24, 2.45) is 5.92 Å². The predicted octanol–water partition coefficient (Wildman–Crippen LogP) is 2.70. The van der Waals surface area contributed by atoms with Gasteiger partial charge in [-0.1, -0.05) is 18.2 Å². The zero-order valence-electron chi connectivity index (χ0n) is 12.1. The molecule has 0 saturated carbocycles. The highest BCUT2D eigenvalue weighted by Gasteiger charge is 2.24. The lowest BCUT2D eigenvalue weighted by Crippen LogP contribution is -2.21. The maximum atomic E-state index is 12.2. The molecule has 2 rings (SSSR count). The molecule has 0 amide bonds. The number of Topliss-reactive ketones (excluding diaryl/α,β-unsaturated/α-hetero) is 1. The van der Waals surface area contributed by atoms with Gasteiger partial charge in [0, 0.05) is 17.9 Å². The number of benzene rings is 1. The number of ketones is 1. The number of aryl methyl sites for hydroxylation is 1. The molecule has 22 heavy (non-hydrogen) atoms. The van der Waals surface area contributed by atoms with Crippen molar-refractivity contribution in [1.29, 1.82) is 0 Å². The fourth-order valence-electron chi connectivity index (χ4n) is 2.69. The zero-order chi connectivity index (χ0) is 16.1. The van der Waals surface area contributed by atoms with Crippen LogP contribution in [0, 0.1) is 5.92 Å². The highest BCUT2D eigenvalue weighted by Crippen LogP contribution is 2.26. The Kier molecular flexibility index (Phi) is 5.09. The van der Waals surface area contributed by atoms with Crippen LogP contribution in [0.1, 0.15) is 41.6 Å². The first-order valence-electron chi connectivity index (χ1n) is 7.24. The van der Waals surface area contributed by atoms with E-state index in [1.54, 1.807) is 24.3 Å². The van der Waals surface area contributed by atoms with E-state index < -0.39 is 11.9 Å². The lowest BCUT2D eigenvalue weighted by molar-refractivity contribution is -0.133. The second-order valence-electron chi connectivity index (χ2n) is 5.48. The van der Waals surface area contributed by atoms with Crippen molar-refractivity contribution in [3.63, 3.8) is 0 Å². The molecule has 5 nitrogen and oxygen atoms in total. The summed E-state index contributed by atoms with van der Waals surface area (Å²) in [4.78, 5) is 34.1. The van der Waals surface area contributed by atoms with Crippen LogP contribution >= 0.6 is 0 Å². The highest BCUT2D eigenvalue weighted by molar-refractivity contribution is 5.90. The predicted molar refractivity (Wildman–Crippen MR) is 79.8 cm³/mol. The average molecular weight is 302 g/mol. The fraction of sp³-hybridized carbons (Fsp3) is 0.353. The number of allylic oxidation sites excluding steroid dienone is 1. The largest absolute Gasteiger partial charge is 0.478 e. The van der Waals surface area contributed by atoms with Crippen molar-refractivity contribution < 1.29 is 24.6 Å². The van der Waals surface area contributed by atoms with E-state index in [0.29, 0.717) is 37.7 Å². The Hall–Kier alpha value is -2.43. The van der Waals surface area contributed by atoms with E-state index in [2.05, 4.69) is 0 Å². The number of carbonyl (C=O) groups is 3. The van der Waals surface area contributed by atoms with Gasteiger partial charge in [0.2, 0.25) is 0 Å². The molecule has 0 fully saturated rings. The van der Waals surface area contributed by atoms with Gasteiger partial charge in [-0.2, -0.15) is 0 Å². The zero-order valence-corrected chi connectivity index (χ0v) is 12.1. The van der Waals surface area contributed by atoms with Crippen LogP contribution in [-0.4, -0.2) is 27.9 Å². The summed E-state index contributed by atoms with van der Waals surface area (Å²) < 4.78 is 0. The summed E-state index contributed by atoms with van der Waals surface area (Å²) in [6.45, 7) is 0. The van der Waals surface area contributed by atoms with Gasteiger partial charge in [0.15, 0.2) is 0 Å². The fourth-order valence-corrected chi connectivity index (χ4v) is 2.69. The SMILES string of the molecule is O=C(O)C1=CCCC(C(=O)CCc2cccc(C(=O)O)c2)C1. The number of aromatic carboxylic acids is 1. The van der Waals surface area contributed by atoms with Crippen LogP contribution in [0.25, 0.3) is 0 Å². The van der Waals surface area contributed by atoms with Crippen LogP contribution in [-0.2, 0) is 16.0 Å². The highest BCUT2D eigenvalue weighted by atomic mass is 16.4. The molecular formula is C17H18O5. The molecule has 1 atom stereocenters. The van der Waals surface area contributed by atoms with E-state index >= 15 is 0 Å². The van der Waals surface area contributed by atoms with E-state index in [0.717, 1.165) is 5.56 Å². The van der Waals surface area contributed by atoms with Crippen LogP contribution in [0.5, 0.6) is 0 Å². The third-order valence-electron chi connectivity index (χ3n) is 3.94. The summed E-state index contributed by atoms with van der Waals surface area (Å²) >= 11 is 0. The Balaban J connectivity index is 1.93. The molecule has 1 aromatic carbocycles. The van der Waals surface area contributed by atoms with Crippen molar-refractivity contribution in [3.8, 4) is 0 Å². The third-order valence-corrected chi connectivity index (χ3v) is 3.94. The van der Waals surface area contributed by atoms with E-state index in [-0.39, 0.29) is 17.3 Å². The minimum Gasteiger partial charge on any atom is -0.478 e. The van der Waals surface area contributed by atoms with Crippen molar-refractivity contribution in [3.05, 3.63) is 47.0 Å². The van der Waals surface area contributed by atoms with Gasteiger partial charge >= 0.3 is 11.9 Å². The van der Waals surface area contributed by atoms with Gasteiger partial charge in [-0.25, -0.2) is 9.59 Å². The molecule has 0 bridgehead atoms. The molecule has 0 spiro atoms. The van der Waals surface area contributed by atoms with Crippen LogP contribution in [0.15, 0.2) is 35.9 Å². The van der Waals surface area contributed by atoms with Gasteiger partial charge in [0.25, 0.3) is 0 Å². The Morgan fingerprint density at radius 3 is 2.59 bits per heavy atom. The maximum absolute atomic E-state index is 12.2. The lowest BCUT2D eigenvalue weighted by Gasteiger charge is -2.19.